The van der Waals surface area contributed by atoms with Gasteiger partial charge in [-0.2, -0.15) is 0 Å². The topological polar surface area (TPSA) is 110 Å². The molecule has 0 unspecified atom stereocenters. The van der Waals surface area contributed by atoms with Crippen molar-refractivity contribution in [1.82, 2.24) is 14.3 Å². The highest BCUT2D eigenvalue weighted by Gasteiger charge is 2.60. The Hall–Kier alpha value is -3.15. The lowest BCUT2D eigenvalue weighted by Gasteiger charge is -2.46. The molecular formula is C26H27N3O6S2. The molecule has 4 heterocycles. The number of aromatic nitrogens is 2. The van der Waals surface area contributed by atoms with Crippen LogP contribution in [0.1, 0.15) is 40.2 Å². The van der Waals surface area contributed by atoms with E-state index in [1.807, 2.05) is 42.8 Å². The Morgan fingerprint density at radius 2 is 1.97 bits per heavy atom. The van der Waals surface area contributed by atoms with Crippen LogP contribution in [-0.2, 0) is 19.1 Å². The van der Waals surface area contributed by atoms with Gasteiger partial charge in [0, 0.05) is 17.7 Å². The fourth-order valence-corrected chi connectivity index (χ4v) is 7.08. The molecule has 2 aliphatic heterocycles. The first-order valence-corrected chi connectivity index (χ1v) is 13.9. The third-order valence-electron chi connectivity index (χ3n) is 7.00. The third-order valence-corrected chi connectivity index (χ3v) is 8.95. The van der Waals surface area contributed by atoms with E-state index in [-0.39, 0.29) is 23.6 Å². The van der Waals surface area contributed by atoms with E-state index < -0.39 is 30.8 Å². The molecule has 1 fully saturated rings. The Morgan fingerprint density at radius 1 is 1.24 bits per heavy atom. The van der Waals surface area contributed by atoms with Crippen LogP contribution in [0.5, 0.6) is 0 Å². The van der Waals surface area contributed by atoms with Gasteiger partial charge in [-0.1, -0.05) is 24.6 Å². The van der Waals surface area contributed by atoms with Crippen molar-refractivity contribution < 1.29 is 29.0 Å². The van der Waals surface area contributed by atoms with Gasteiger partial charge in [0.1, 0.15) is 21.9 Å². The lowest BCUT2D eigenvalue weighted by atomic mass is 9.77. The first-order valence-electron chi connectivity index (χ1n) is 11.8. The van der Waals surface area contributed by atoms with Crippen molar-refractivity contribution in [3.05, 3.63) is 58.0 Å². The van der Waals surface area contributed by atoms with Gasteiger partial charge in [0.05, 0.1) is 28.5 Å². The maximum Gasteiger partial charge on any atom is 0.358 e. The van der Waals surface area contributed by atoms with Crippen LogP contribution in [0, 0.1) is 25.7 Å². The molecule has 1 saturated heterocycles. The first-order chi connectivity index (χ1) is 17.6. The molecule has 0 spiro atoms. The van der Waals surface area contributed by atoms with Crippen LogP contribution in [0.3, 0.4) is 0 Å². The molecule has 9 nitrogen and oxygen atoms in total. The molecule has 194 valence electrons. The molecule has 11 heteroatoms. The maximum atomic E-state index is 13.4. The number of imidazole rings is 1. The van der Waals surface area contributed by atoms with Crippen molar-refractivity contribution in [3.63, 3.8) is 0 Å². The normalized spacial score (nSPS) is 21.7. The number of carbonyl (C=O) groups is 3. The van der Waals surface area contributed by atoms with Gasteiger partial charge in [-0.15, -0.1) is 23.1 Å². The molecule has 37 heavy (non-hydrogen) atoms. The van der Waals surface area contributed by atoms with Crippen molar-refractivity contribution in [1.29, 1.82) is 0 Å². The predicted molar refractivity (Wildman–Crippen MR) is 139 cm³/mol. The number of thiazole rings is 1. The number of aryl methyl sites for hydroxylation is 2. The van der Waals surface area contributed by atoms with E-state index in [1.54, 1.807) is 26.2 Å². The van der Waals surface area contributed by atoms with Crippen molar-refractivity contribution in [2.75, 3.05) is 13.0 Å². The maximum absolute atomic E-state index is 13.4. The van der Waals surface area contributed by atoms with Gasteiger partial charge < -0.3 is 19.5 Å². The van der Waals surface area contributed by atoms with Crippen molar-refractivity contribution in [2.24, 2.45) is 11.8 Å². The summed E-state index contributed by atoms with van der Waals surface area (Å²) in [6.45, 7) is 6.61. The van der Waals surface area contributed by atoms with Gasteiger partial charge in [0.15, 0.2) is 0 Å². The molecule has 0 saturated carbocycles. The lowest BCUT2D eigenvalue weighted by molar-refractivity contribution is -0.166. The van der Waals surface area contributed by atoms with Crippen LogP contribution in [0.4, 0.5) is 0 Å². The Bertz CT molecular complexity index is 1460. The van der Waals surface area contributed by atoms with Crippen molar-refractivity contribution in [3.8, 4) is 0 Å². The molecule has 5 rings (SSSR count). The average molecular weight is 542 g/mol. The number of aliphatic hydroxyl groups excluding tert-OH is 1. The van der Waals surface area contributed by atoms with Gasteiger partial charge in [-0.05, 0) is 38.7 Å². The number of esters is 2. The number of nitrogens with zero attached hydrogens (tertiary/aromatic N) is 3. The summed E-state index contributed by atoms with van der Waals surface area (Å²) in [6.07, 6.45) is 4.70. The number of thioether (sulfide) groups is 1. The van der Waals surface area contributed by atoms with E-state index in [2.05, 4.69) is 4.98 Å². The molecule has 1 amide bonds. The van der Waals surface area contributed by atoms with E-state index in [4.69, 9.17) is 9.47 Å². The summed E-state index contributed by atoms with van der Waals surface area (Å²) in [5.74, 6) is -2.49. The number of hydrogen-bond acceptors (Lipinski definition) is 9. The SMILES string of the molecule is CSc1ncn2cc(C3=C(C(=O)OCOC(=O)c4cc(C)ccc4C)N4C(=O)[C@H]([C@@H](C)O)[C@H]4[C@H]3C)sc12. The Labute approximate surface area is 222 Å². The zero-order valence-electron chi connectivity index (χ0n) is 21.0. The third kappa shape index (κ3) is 4.14. The summed E-state index contributed by atoms with van der Waals surface area (Å²) >= 11 is 3.00. The largest absolute Gasteiger partial charge is 0.424 e. The number of amides is 1. The minimum Gasteiger partial charge on any atom is -0.424 e. The number of aliphatic hydroxyl groups is 1. The molecule has 0 radical (unpaired) electrons. The minimum atomic E-state index is -0.849. The van der Waals surface area contributed by atoms with Crippen LogP contribution in [-0.4, -0.2) is 62.4 Å². The molecule has 0 aliphatic carbocycles. The summed E-state index contributed by atoms with van der Waals surface area (Å²) in [4.78, 5) is 46.5. The summed E-state index contributed by atoms with van der Waals surface area (Å²) in [7, 11) is 0. The number of rotatable bonds is 7. The van der Waals surface area contributed by atoms with Crippen LogP contribution >= 0.6 is 23.1 Å². The number of hydrogen-bond donors (Lipinski definition) is 1. The smallest absolute Gasteiger partial charge is 0.358 e. The Kier molecular flexibility index (Phi) is 6.63. The molecule has 1 aromatic carbocycles. The van der Waals surface area contributed by atoms with Gasteiger partial charge in [0.25, 0.3) is 0 Å². The molecule has 2 aromatic heterocycles. The molecule has 2 aliphatic rings. The van der Waals surface area contributed by atoms with Gasteiger partial charge >= 0.3 is 11.9 Å². The highest BCUT2D eigenvalue weighted by atomic mass is 32.2. The second-order valence-corrected chi connectivity index (χ2v) is 11.2. The highest BCUT2D eigenvalue weighted by Crippen LogP contribution is 2.52. The predicted octanol–water partition coefficient (Wildman–Crippen LogP) is 3.66. The fourth-order valence-electron chi connectivity index (χ4n) is 5.16. The second kappa shape index (κ2) is 9.62. The Morgan fingerprint density at radius 3 is 2.68 bits per heavy atom. The number of ether oxygens (including phenoxy) is 2. The highest BCUT2D eigenvalue weighted by molar-refractivity contribution is 7.98. The van der Waals surface area contributed by atoms with Crippen LogP contribution < -0.4 is 0 Å². The number of fused-ring (bicyclic) bond motifs is 2. The summed E-state index contributed by atoms with van der Waals surface area (Å²) in [5.41, 5.74) is 2.86. The zero-order chi connectivity index (χ0) is 26.6. The molecular weight excluding hydrogens is 514 g/mol. The van der Waals surface area contributed by atoms with Crippen molar-refractivity contribution >= 4 is 51.3 Å². The number of benzene rings is 1. The lowest BCUT2D eigenvalue weighted by Crippen LogP contribution is -2.63. The molecule has 3 aromatic rings. The summed E-state index contributed by atoms with van der Waals surface area (Å²) in [6, 6.07) is 5.08. The monoisotopic (exact) mass is 541 g/mol. The minimum absolute atomic E-state index is 0.130. The first kappa shape index (κ1) is 25.5. The number of β-lactam (4-membered cyclic amide) rings is 1. The summed E-state index contributed by atoms with van der Waals surface area (Å²) < 4.78 is 12.5. The second-order valence-electron chi connectivity index (χ2n) is 9.38. The number of carbonyl (C=O) groups excluding carboxylic acids is 3. The van der Waals surface area contributed by atoms with E-state index in [1.165, 1.54) is 28.0 Å². The van der Waals surface area contributed by atoms with Crippen LogP contribution in [0.2, 0.25) is 0 Å². The van der Waals surface area contributed by atoms with Gasteiger partial charge in [0.2, 0.25) is 12.7 Å². The van der Waals surface area contributed by atoms with E-state index in [0.29, 0.717) is 11.1 Å². The average Bonchev–Trinajstić information content (AvgIpc) is 3.49. The van der Waals surface area contributed by atoms with Crippen molar-refractivity contribution in [2.45, 2.75) is 44.9 Å². The van der Waals surface area contributed by atoms with Crippen LogP contribution in [0.25, 0.3) is 10.4 Å². The molecule has 0 bridgehead atoms. The van der Waals surface area contributed by atoms with E-state index in [9.17, 15) is 19.5 Å². The summed E-state index contributed by atoms with van der Waals surface area (Å²) in [5, 5.41) is 11.1. The molecule has 4 atom stereocenters. The Balaban J connectivity index is 1.43. The van der Waals surface area contributed by atoms with Gasteiger partial charge in [-0.25, -0.2) is 14.6 Å². The standard InChI is InChI=1S/C26H27N3O6S2/c1-12-6-7-13(2)16(8-12)25(32)34-11-35-26(33)21-18(14(3)20-19(15(4)30)23(31)29(20)21)17-9-28-10-27-22(36-5)24(28)37-17/h6-10,14-15,19-20,30H,11H2,1-5H3/t14-,15+,19+,20+/m0/s1. The van der Waals surface area contributed by atoms with Crippen LogP contribution in [0.15, 0.2) is 41.4 Å². The molecule has 1 N–H and O–H groups in total. The van der Waals surface area contributed by atoms with Gasteiger partial charge in [-0.3, -0.25) is 9.20 Å². The fraction of sp³-hybridized carbons (Fsp3) is 0.385. The quantitative estimate of drug-likeness (QED) is 0.209. The van der Waals surface area contributed by atoms with E-state index >= 15 is 0 Å². The van der Waals surface area contributed by atoms with E-state index in [0.717, 1.165) is 25.9 Å². The zero-order valence-corrected chi connectivity index (χ0v) is 22.7.